The zero-order valence-corrected chi connectivity index (χ0v) is 32.2. The van der Waals surface area contributed by atoms with Gasteiger partial charge >= 0.3 is 0 Å². The van der Waals surface area contributed by atoms with Crippen LogP contribution in [0.25, 0.3) is 0 Å². The van der Waals surface area contributed by atoms with E-state index in [-0.39, 0.29) is 23.3 Å². The van der Waals surface area contributed by atoms with Crippen LogP contribution in [0.3, 0.4) is 0 Å². The van der Waals surface area contributed by atoms with Gasteiger partial charge in [0.2, 0.25) is 0 Å². The normalized spacial score (nSPS) is 18.9. The molecule has 8 heteroatoms. The Morgan fingerprint density at radius 1 is 0.633 bits per heavy atom. The zero-order valence-electron chi connectivity index (χ0n) is 30.2. The highest BCUT2D eigenvalue weighted by atomic mass is 28.4. The van der Waals surface area contributed by atoms with Gasteiger partial charge in [0.25, 0.3) is 23.1 Å². The first kappa shape index (κ1) is 36.9. The Bertz CT molecular complexity index is 1540. The van der Waals surface area contributed by atoms with Crippen LogP contribution in [0.5, 0.6) is 0 Å². The molecule has 0 unspecified atom stereocenters. The first-order chi connectivity index (χ1) is 23.2. The lowest BCUT2D eigenvalue weighted by atomic mass is 10.1. The van der Waals surface area contributed by atoms with Crippen LogP contribution in [-0.4, -0.2) is 60.4 Å². The summed E-state index contributed by atoms with van der Waals surface area (Å²) in [5, 5.41) is 4.19. The van der Waals surface area contributed by atoms with Gasteiger partial charge in [0.05, 0.1) is 13.2 Å². The molecule has 0 aliphatic carbocycles. The molecule has 4 aromatic rings. The number of hydrogen-bond acceptors (Lipinski definition) is 6. The topological polar surface area (TPSA) is 63.2 Å². The van der Waals surface area contributed by atoms with Gasteiger partial charge in [-0.25, -0.2) is 0 Å². The van der Waals surface area contributed by atoms with Crippen LogP contribution in [-0.2, 0) is 27.9 Å². The second-order valence-corrected chi connectivity index (χ2v) is 24.0. The molecule has 0 aromatic heterocycles. The van der Waals surface area contributed by atoms with Gasteiger partial charge in [0, 0.05) is 0 Å². The third-order valence-corrected chi connectivity index (χ3v) is 19.6. The van der Waals surface area contributed by atoms with Crippen LogP contribution in [0.1, 0.15) is 55.4 Å². The van der Waals surface area contributed by atoms with Crippen molar-refractivity contribution < 1.29 is 27.9 Å². The lowest BCUT2D eigenvalue weighted by molar-refractivity contribution is -0.166. The summed E-state index contributed by atoms with van der Waals surface area (Å²) in [5.41, 5.74) is 0. The number of carbonyl (C=O) groups excluding carboxylic acids is 1. The van der Waals surface area contributed by atoms with E-state index in [0.29, 0.717) is 6.47 Å². The van der Waals surface area contributed by atoms with Crippen molar-refractivity contribution in [2.24, 2.45) is 0 Å². The molecule has 49 heavy (non-hydrogen) atoms. The van der Waals surface area contributed by atoms with Crippen molar-refractivity contribution in [1.29, 1.82) is 0 Å². The predicted molar refractivity (Wildman–Crippen MR) is 202 cm³/mol. The van der Waals surface area contributed by atoms with E-state index in [4.69, 9.17) is 23.1 Å². The molecule has 1 fully saturated rings. The quantitative estimate of drug-likeness (QED) is 0.123. The highest BCUT2D eigenvalue weighted by Crippen LogP contribution is 2.40. The molecule has 0 amide bonds. The molecule has 4 aromatic carbocycles. The minimum absolute atomic E-state index is 0.131. The molecule has 260 valence electrons. The SMILES string of the molecule is CC1(C)O[C@@H]([C@@H](CO[Si](c2ccccc2)(c2ccccc2)C(C)(C)C)OC=O)[C@H](CO[Si](c2ccccc2)(c2ccccc2)C(C)(C)C)O1. The second kappa shape index (κ2) is 14.8. The summed E-state index contributed by atoms with van der Waals surface area (Å²) in [6.45, 7) is 18.1. The Hall–Kier alpha value is -3.38. The Morgan fingerprint density at radius 2 is 1.00 bits per heavy atom. The number of carbonyl (C=O) groups is 1. The van der Waals surface area contributed by atoms with E-state index in [0.717, 1.165) is 10.4 Å². The largest absolute Gasteiger partial charge is 0.459 e. The number of benzene rings is 4. The molecule has 1 saturated heterocycles. The third kappa shape index (κ3) is 7.55. The van der Waals surface area contributed by atoms with E-state index in [1.165, 1.54) is 10.4 Å². The van der Waals surface area contributed by atoms with Gasteiger partial charge in [-0.1, -0.05) is 163 Å². The summed E-state index contributed by atoms with van der Waals surface area (Å²) in [6.07, 6.45) is -1.89. The highest BCUT2D eigenvalue weighted by molar-refractivity contribution is 7.00. The van der Waals surface area contributed by atoms with Crippen molar-refractivity contribution in [3.63, 3.8) is 0 Å². The maximum atomic E-state index is 12.1. The number of hydrogen-bond donors (Lipinski definition) is 0. The minimum atomic E-state index is -2.93. The molecule has 5 rings (SSSR count). The van der Waals surface area contributed by atoms with E-state index in [1.54, 1.807) is 0 Å². The zero-order chi connectivity index (χ0) is 35.3. The molecule has 1 aliphatic heterocycles. The maximum absolute atomic E-state index is 12.1. The van der Waals surface area contributed by atoms with Gasteiger partial charge < -0.3 is 23.1 Å². The molecule has 0 N–H and O–H groups in total. The molecule has 0 spiro atoms. The van der Waals surface area contributed by atoms with E-state index in [2.05, 4.69) is 139 Å². The molecule has 0 saturated carbocycles. The van der Waals surface area contributed by atoms with Gasteiger partial charge in [-0.3, -0.25) is 4.79 Å². The fraction of sp³-hybridized carbons (Fsp3) is 0.390. The van der Waals surface area contributed by atoms with Crippen LogP contribution >= 0.6 is 0 Å². The lowest BCUT2D eigenvalue weighted by Gasteiger charge is -2.44. The van der Waals surface area contributed by atoms with E-state index in [1.807, 2.05) is 38.1 Å². The Labute approximate surface area is 295 Å². The third-order valence-electron chi connectivity index (χ3n) is 9.58. The molecular formula is C41H52O6Si2. The first-order valence-electron chi connectivity index (χ1n) is 17.2. The van der Waals surface area contributed by atoms with Gasteiger partial charge in [-0.2, -0.15) is 0 Å². The summed E-state index contributed by atoms with van der Waals surface area (Å²) >= 11 is 0. The van der Waals surface area contributed by atoms with Crippen molar-refractivity contribution in [2.45, 2.75) is 89.6 Å². The van der Waals surface area contributed by atoms with Crippen LogP contribution in [0.15, 0.2) is 121 Å². The van der Waals surface area contributed by atoms with Crippen molar-refractivity contribution >= 4 is 43.9 Å². The minimum Gasteiger partial charge on any atom is -0.459 e. The Kier molecular flexibility index (Phi) is 11.2. The summed E-state index contributed by atoms with van der Waals surface area (Å²) in [6, 6.07) is 42.0. The van der Waals surface area contributed by atoms with Crippen LogP contribution in [0.2, 0.25) is 10.1 Å². The number of rotatable bonds is 13. The molecule has 1 aliphatic rings. The lowest BCUT2D eigenvalue weighted by Crippen LogP contribution is -2.68. The summed E-state index contributed by atoms with van der Waals surface area (Å²) in [5.74, 6) is -0.925. The highest BCUT2D eigenvalue weighted by Gasteiger charge is 2.55. The average molecular weight is 697 g/mol. The molecular weight excluding hydrogens is 645 g/mol. The van der Waals surface area contributed by atoms with E-state index >= 15 is 0 Å². The van der Waals surface area contributed by atoms with Crippen molar-refractivity contribution in [1.82, 2.24) is 0 Å². The molecule has 0 bridgehead atoms. The maximum Gasteiger partial charge on any atom is 0.293 e. The van der Waals surface area contributed by atoms with E-state index in [9.17, 15) is 4.79 Å². The number of ether oxygens (including phenoxy) is 3. The Morgan fingerprint density at radius 3 is 1.35 bits per heavy atom. The monoisotopic (exact) mass is 696 g/mol. The van der Waals surface area contributed by atoms with Crippen LogP contribution in [0.4, 0.5) is 0 Å². The molecule has 6 nitrogen and oxygen atoms in total. The second-order valence-electron chi connectivity index (χ2n) is 15.4. The summed E-state index contributed by atoms with van der Waals surface area (Å²) in [7, 11) is -5.81. The average Bonchev–Trinajstić information content (AvgIpc) is 3.39. The van der Waals surface area contributed by atoms with Gasteiger partial charge in [0.1, 0.15) is 12.2 Å². The van der Waals surface area contributed by atoms with Gasteiger partial charge in [0.15, 0.2) is 11.9 Å². The summed E-state index contributed by atoms with van der Waals surface area (Å²) in [4.78, 5) is 12.1. The van der Waals surface area contributed by atoms with Gasteiger partial charge in [-0.05, 0) is 44.7 Å². The smallest absolute Gasteiger partial charge is 0.293 e. The molecule has 1 heterocycles. The molecule has 0 radical (unpaired) electrons. The fourth-order valence-electron chi connectivity index (χ4n) is 7.53. The van der Waals surface area contributed by atoms with Crippen molar-refractivity contribution in [2.75, 3.05) is 13.2 Å². The first-order valence-corrected chi connectivity index (χ1v) is 21.0. The predicted octanol–water partition coefficient (Wildman–Crippen LogP) is 6.20. The summed E-state index contributed by atoms with van der Waals surface area (Å²) < 4.78 is 33.5. The van der Waals surface area contributed by atoms with E-state index < -0.39 is 40.7 Å². The van der Waals surface area contributed by atoms with Crippen molar-refractivity contribution in [3.05, 3.63) is 121 Å². The van der Waals surface area contributed by atoms with Gasteiger partial charge in [-0.15, -0.1) is 0 Å². The Balaban J connectivity index is 1.51. The standard InChI is InChI=1S/C41H52O6Si2/c1-39(2,3)48(32-21-13-9-14-22-32,33-23-15-10-16-24-33)44-29-36(43-31-42)38-37(46-41(7,8)47-38)30-45-49(40(4,5)6,34-25-17-11-18-26-34)35-27-19-12-20-28-35/h9-28,31,36-38H,29-30H2,1-8H3/t36-,37+,38+/m1/s1. The van der Waals surface area contributed by atoms with Crippen LogP contribution < -0.4 is 20.7 Å². The fourth-order valence-corrected chi connectivity index (χ4v) is 16.7. The van der Waals surface area contributed by atoms with Crippen LogP contribution in [0, 0.1) is 0 Å². The van der Waals surface area contributed by atoms with Crippen molar-refractivity contribution in [3.8, 4) is 0 Å². The molecule has 3 atom stereocenters.